The number of aromatic carboxylic acids is 1. The van der Waals surface area contributed by atoms with Crippen LogP contribution in [0.1, 0.15) is 28.8 Å². The Morgan fingerprint density at radius 2 is 2.16 bits per heavy atom. The van der Waals surface area contributed by atoms with E-state index in [1.54, 1.807) is 24.3 Å². The van der Waals surface area contributed by atoms with Crippen molar-refractivity contribution in [2.24, 2.45) is 0 Å². The van der Waals surface area contributed by atoms with E-state index in [1.165, 1.54) is 0 Å². The minimum atomic E-state index is -0.943. The number of hydrogen-bond donors (Lipinski definition) is 2. The number of ether oxygens (including phenoxy) is 1. The standard InChI is InChI=1S/C14H17NO4/c16-13(12-6-3-9-19-12)15-8-7-10-4-1-2-5-11(10)14(17)18/h1-2,4-5,12H,3,6-9H2,(H,15,16)(H,17,18). The number of carbonyl (C=O) groups is 2. The van der Waals surface area contributed by atoms with Crippen molar-refractivity contribution < 1.29 is 19.4 Å². The highest BCUT2D eigenvalue weighted by Crippen LogP contribution is 2.12. The largest absolute Gasteiger partial charge is 0.478 e. The molecule has 1 aliphatic heterocycles. The number of nitrogens with one attached hydrogen (secondary N) is 1. The van der Waals surface area contributed by atoms with Gasteiger partial charge in [-0.25, -0.2) is 4.79 Å². The summed E-state index contributed by atoms with van der Waals surface area (Å²) >= 11 is 0. The summed E-state index contributed by atoms with van der Waals surface area (Å²) in [6.45, 7) is 1.06. The molecule has 1 unspecified atom stereocenters. The second-order valence-corrected chi connectivity index (χ2v) is 4.50. The van der Waals surface area contributed by atoms with Gasteiger partial charge in [-0.3, -0.25) is 4.79 Å². The van der Waals surface area contributed by atoms with Crippen molar-refractivity contribution in [1.82, 2.24) is 5.32 Å². The lowest BCUT2D eigenvalue weighted by atomic mass is 10.0. The summed E-state index contributed by atoms with van der Waals surface area (Å²) < 4.78 is 5.27. The van der Waals surface area contributed by atoms with Gasteiger partial charge >= 0.3 is 5.97 Å². The number of carboxylic acids is 1. The molecule has 0 aromatic heterocycles. The lowest BCUT2D eigenvalue weighted by molar-refractivity contribution is -0.129. The van der Waals surface area contributed by atoms with Crippen molar-refractivity contribution in [3.8, 4) is 0 Å². The van der Waals surface area contributed by atoms with E-state index in [9.17, 15) is 9.59 Å². The molecule has 2 rings (SSSR count). The van der Waals surface area contributed by atoms with E-state index in [0.717, 1.165) is 18.4 Å². The molecule has 1 aliphatic rings. The van der Waals surface area contributed by atoms with Crippen LogP contribution in [0.25, 0.3) is 0 Å². The molecule has 0 aliphatic carbocycles. The lowest BCUT2D eigenvalue weighted by Gasteiger charge is -2.11. The van der Waals surface area contributed by atoms with Crippen molar-refractivity contribution in [3.05, 3.63) is 35.4 Å². The van der Waals surface area contributed by atoms with Gasteiger partial charge in [0.2, 0.25) is 5.91 Å². The van der Waals surface area contributed by atoms with Crippen molar-refractivity contribution >= 4 is 11.9 Å². The lowest BCUT2D eigenvalue weighted by Crippen LogP contribution is -2.35. The summed E-state index contributed by atoms with van der Waals surface area (Å²) in [7, 11) is 0. The zero-order chi connectivity index (χ0) is 13.7. The van der Waals surface area contributed by atoms with E-state index < -0.39 is 5.97 Å². The van der Waals surface area contributed by atoms with Crippen molar-refractivity contribution in [2.75, 3.05) is 13.2 Å². The third kappa shape index (κ3) is 3.54. The highest BCUT2D eigenvalue weighted by Gasteiger charge is 2.22. The smallest absolute Gasteiger partial charge is 0.335 e. The fraction of sp³-hybridized carbons (Fsp3) is 0.429. The first-order chi connectivity index (χ1) is 9.18. The van der Waals surface area contributed by atoms with Gasteiger partial charge in [-0.1, -0.05) is 18.2 Å². The van der Waals surface area contributed by atoms with E-state index in [2.05, 4.69) is 5.32 Å². The van der Waals surface area contributed by atoms with Gasteiger partial charge in [-0.2, -0.15) is 0 Å². The van der Waals surface area contributed by atoms with Gasteiger partial charge in [-0.15, -0.1) is 0 Å². The summed E-state index contributed by atoms with van der Waals surface area (Å²) in [5.74, 6) is -1.05. The maximum atomic E-state index is 11.7. The zero-order valence-electron chi connectivity index (χ0n) is 10.6. The van der Waals surface area contributed by atoms with Gasteiger partial charge in [0, 0.05) is 13.2 Å². The molecule has 5 heteroatoms. The first kappa shape index (κ1) is 13.5. The van der Waals surface area contributed by atoms with Gasteiger partial charge in [0.1, 0.15) is 6.10 Å². The maximum absolute atomic E-state index is 11.7. The molecule has 1 amide bonds. The number of carbonyl (C=O) groups excluding carboxylic acids is 1. The predicted octanol–water partition coefficient (Wildman–Crippen LogP) is 1.22. The van der Waals surface area contributed by atoms with Crippen LogP contribution in [-0.2, 0) is 16.0 Å². The molecular formula is C14H17NO4. The Balaban J connectivity index is 1.85. The first-order valence-corrected chi connectivity index (χ1v) is 6.39. The number of amides is 1. The Morgan fingerprint density at radius 1 is 1.37 bits per heavy atom. The second-order valence-electron chi connectivity index (χ2n) is 4.50. The third-order valence-electron chi connectivity index (χ3n) is 3.16. The molecule has 1 fully saturated rings. The van der Waals surface area contributed by atoms with E-state index in [1.807, 2.05) is 0 Å². The normalized spacial score (nSPS) is 18.2. The molecule has 19 heavy (non-hydrogen) atoms. The van der Waals surface area contributed by atoms with Gasteiger partial charge in [0.25, 0.3) is 0 Å². The molecule has 0 spiro atoms. The van der Waals surface area contributed by atoms with Crippen LogP contribution < -0.4 is 5.32 Å². The SMILES string of the molecule is O=C(O)c1ccccc1CCNC(=O)C1CCCO1. The van der Waals surface area contributed by atoms with Crippen LogP contribution in [0.15, 0.2) is 24.3 Å². The Labute approximate surface area is 111 Å². The highest BCUT2D eigenvalue weighted by molar-refractivity contribution is 5.89. The molecule has 102 valence electrons. The van der Waals surface area contributed by atoms with Crippen LogP contribution >= 0.6 is 0 Å². The summed E-state index contributed by atoms with van der Waals surface area (Å²) in [5, 5.41) is 11.8. The van der Waals surface area contributed by atoms with Crippen LogP contribution in [-0.4, -0.2) is 36.2 Å². The molecule has 1 aromatic carbocycles. The third-order valence-corrected chi connectivity index (χ3v) is 3.16. The number of benzene rings is 1. The van der Waals surface area contributed by atoms with E-state index in [4.69, 9.17) is 9.84 Å². The number of hydrogen-bond acceptors (Lipinski definition) is 3. The van der Waals surface area contributed by atoms with Crippen molar-refractivity contribution in [3.63, 3.8) is 0 Å². The molecule has 2 N–H and O–H groups in total. The average molecular weight is 263 g/mol. The van der Waals surface area contributed by atoms with Gasteiger partial charge in [0.05, 0.1) is 5.56 Å². The quantitative estimate of drug-likeness (QED) is 0.837. The van der Waals surface area contributed by atoms with E-state index >= 15 is 0 Å². The molecule has 1 atom stereocenters. The summed E-state index contributed by atoms with van der Waals surface area (Å²) in [5.41, 5.74) is 1.01. The van der Waals surface area contributed by atoms with Crippen LogP contribution in [0.2, 0.25) is 0 Å². The van der Waals surface area contributed by atoms with Crippen LogP contribution in [0.4, 0.5) is 0 Å². The zero-order valence-corrected chi connectivity index (χ0v) is 10.6. The minimum absolute atomic E-state index is 0.106. The van der Waals surface area contributed by atoms with Crippen molar-refractivity contribution in [1.29, 1.82) is 0 Å². The fourth-order valence-electron chi connectivity index (χ4n) is 2.17. The van der Waals surface area contributed by atoms with E-state index in [-0.39, 0.29) is 17.6 Å². The monoisotopic (exact) mass is 263 g/mol. The predicted molar refractivity (Wildman–Crippen MR) is 69.1 cm³/mol. The molecule has 0 radical (unpaired) electrons. The summed E-state index contributed by atoms with van der Waals surface area (Å²) in [4.78, 5) is 22.7. The van der Waals surface area contributed by atoms with Crippen LogP contribution in [0.5, 0.6) is 0 Å². The topological polar surface area (TPSA) is 75.6 Å². The highest BCUT2D eigenvalue weighted by atomic mass is 16.5. The number of rotatable bonds is 5. The molecule has 0 bridgehead atoms. The van der Waals surface area contributed by atoms with Crippen LogP contribution in [0, 0.1) is 0 Å². The maximum Gasteiger partial charge on any atom is 0.335 e. The summed E-state index contributed by atoms with van der Waals surface area (Å²) in [6, 6.07) is 6.82. The molecule has 1 heterocycles. The molecule has 5 nitrogen and oxygen atoms in total. The first-order valence-electron chi connectivity index (χ1n) is 6.39. The summed E-state index contributed by atoms with van der Waals surface area (Å²) in [6.07, 6.45) is 1.84. The molecule has 0 saturated carbocycles. The Morgan fingerprint density at radius 3 is 2.84 bits per heavy atom. The van der Waals surface area contributed by atoms with Crippen LogP contribution in [0.3, 0.4) is 0 Å². The molecule has 1 aromatic rings. The van der Waals surface area contributed by atoms with E-state index in [0.29, 0.717) is 19.6 Å². The Bertz CT molecular complexity index is 466. The minimum Gasteiger partial charge on any atom is -0.478 e. The number of carboxylic acid groups (broad SMARTS) is 1. The van der Waals surface area contributed by atoms with Gasteiger partial charge in [-0.05, 0) is 30.9 Å². The van der Waals surface area contributed by atoms with Crippen molar-refractivity contribution in [2.45, 2.75) is 25.4 Å². The van der Waals surface area contributed by atoms with Gasteiger partial charge < -0.3 is 15.2 Å². The Kier molecular flexibility index (Phi) is 4.52. The second kappa shape index (κ2) is 6.33. The Hall–Kier alpha value is -1.88. The molecular weight excluding hydrogens is 246 g/mol. The molecule has 1 saturated heterocycles. The fourth-order valence-corrected chi connectivity index (χ4v) is 2.17. The van der Waals surface area contributed by atoms with Gasteiger partial charge in [0.15, 0.2) is 0 Å². The average Bonchev–Trinajstić information content (AvgIpc) is 2.93.